The van der Waals surface area contributed by atoms with Gasteiger partial charge in [-0.2, -0.15) is 0 Å². The van der Waals surface area contributed by atoms with Gasteiger partial charge in [-0.1, -0.05) is 15.9 Å². The number of hydrogen-bond donors (Lipinski definition) is 1. The van der Waals surface area contributed by atoms with Gasteiger partial charge in [0.05, 0.1) is 18.8 Å². The molecule has 0 aromatic heterocycles. The van der Waals surface area contributed by atoms with Crippen LogP contribution in [0.4, 0.5) is 0 Å². The molecule has 5 heteroatoms. The maximum atomic E-state index is 6.75. The molecule has 2 aliphatic heterocycles. The van der Waals surface area contributed by atoms with Crippen LogP contribution in [0.2, 0.25) is 0 Å². The van der Waals surface area contributed by atoms with Crippen LogP contribution in [-0.4, -0.2) is 32.0 Å². The Balaban J connectivity index is 1.99. The maximum absolute atomic E-state index is 6.75. The van der Waals surface area contributed by atoms with Gasteiger partial charge in [0.1, 0.15) is 11.4 Å². The van der Waals surface area contributed by atoms with Gasteiger partial charge < -0.3 is 19.9 Å². The van der Waals surface area contributed by atoms with Crippen molar-refractivity contribution in [2.75, 3.05) is 26.4 Å². The first-order valence-electron chi connectivity index (χ1n) is 7.50. The number of halogens is 1. The zero-order chi connectivity index (χ0) is 14.9. The molecular weight excluding hydrogens is 334 g/mol. The third-order valence-corrected chi connectivity index (χ3v) is 4.79. The van der Waals surface area contributed by atoms with E-state index in [1.807, 2.05) is 25.1 Å². The molecule has 1 aromatic carbocycles. The molecule has 21 heavy (non-hydrogen) atoms. The second-order valence-electron chi connectivity index (χ2n) is 6.05. The van der Waals surface area contributed by atoms with Gasteiger partial charge in [-0.05, 0) is 38.0 Å². The van der Waals surface area contributed by atoms with Crippen molar-refractivity contribution in [1.29, 1.82) is 0 Å². The standard InChI is InChI=1S/C16H22BrNO3/c1-2-19-11-16(18)9-15(6-3-7-20-10-15)21-14-5-4-12(17)8-13(14)16/h4-5,8H,2-3,6-7,9-11,18H2,1H3. The number of nitrogens with two attached hydrogens (primary N) is 1. The van der Waals surface area contributed by atoms with Gasteiger partial charge in [0.15, 0.2) is 0 Å². The van der Waals surface area contributed by atoms with E-state index < -0.39 is 5.54 Å². The highest BCUT2D eigenvalue weighted by Crippen LogP contribution is 2.46. The summed E-state index contributed by atoms with van der Waals surface area (Å²) in [5.41, 5.74) is 6.92. The average molecular weight is 356 g/mol. The van der Waals surface area contributed by atoms with E-state index in [-0.39, 0.29) is 5.60 Å². The molecule has 4 nitrogen and oxygen atoms in total. The molecule has 0 radical (unpaired) electrons. The molecule has 2 heterocycles. The van der Waals surface area contributed by atoms with E-state index in [1.54, 1.807) is 0 Å². The Kier molecular flexibility index (Phi) is 4.28. The third kappa shape index (κ3) is 2.97. The van der Waals surface area contributed by atoms with Gasteiger partial charge in [-0.3, -0.25) is 0 Å². The van der Waals surface area contributed by atoms with Crippen molar-refractivity contribution in [3.8, 4) is 5.75 Å². The van der Waals surface area contributed by atoms with Crippen LogP contribution in [0.1, 0.15) is 31.7 Å². The molecule has 2 aliphatic rings. The molecule has 2 N–H and O–H groups in total. The van der Waals surface area contributed by atoms with Crippen LogP contribution in [0.15, 0.2) is 22.7 Å². The van der Waals surface area contributed by atoms with Gasteiger partial charge >= 0.3 is 0 Å². The van der Waals surface area contributed by atoms with Crippen molar-refractivity contribution in [1.82, 2.24) is 0 Å². The lowest BCUT2D eigenvalue weighted by Crippen LogP contribution is -2.57. The van der Waals surface area contributed by atoms with Crippen LogP contribution in [-0.2, 0) is 15.0 Å². The van der Waals surface area contributed by atoms with Crippen molar-refractivity contribution >= 4 is 15.9 Å². The molecule has 0 aliphatic carbocycles. The second kappa shape index (κ2) is 5.88. The lowest BCUT2D eigenvalue weighted by molar-refractivity contribution is -0.102. The lowest BCUT2D eigenvalue weighted by Gasteiger charge is -2.48. The highest BCUT2D eigenvalue weighted by atomic mass is 79.9. The van der Waals surface area contributed by atoms with Crippen molar-refractivity contribution < 1.29 is 14.2 Å². The van der Waals surface area contributed by atoms with Gasteiger partial charge in [-0.25, -0.2) is 0 Å². The van der Waals surface area contributed by atoms with Crippen LogP contribution in [0, 0.1) is 0 Å². The Hall–Kier alpha value is -0.620. The molecule has 0 bridgehead atoms. The predicted octanol–water partition coefficient (Wildman–Crippen LogP) is 2.97. The van der Waals surface area contributed by atoms with Crippen molar-refractivity contribution in [2.45, 2.75) is 37.3 Å². The molecule has 116 valence electrons. The second-order valence-corrected chi connectivity index (χ2v) is 6.97. The summed E-state index contributed by atoms with van der Waals surface area (Å²) in [6.07, 6.45) is 2.72. The molecule has 2 unspecified atom stereocenters. The number of benzene rings is 1. The van der Waals surface area contributed by atoms with Gasteiger partial charge in [0.2, 0.25) is 0 Å². The SMILES string of the molecule is CCOCC1(N)CC2(CCCOC2)Oc2ccc(Br)cc21. The quantitative estimate of drug-likeness (QED) is 0.905. The first-order chi connectivity index (χ1) is 10.1. The highest BCUT2D eigenvalue weighted by molar-refractivity contribution is 9.10. The predicted molar refractivity (Wildman–Crippen MR) is 84.5 cm³/mol. The monoisotopic (exact) mass is 355 g/mol. The summed E-state index contributed by atoms with van der Waals surface area (Å²) in [5.74, 6) is 0.858. The summed E-state index contributed by atoms with van der Waals surface area (Å²) >= 11 is 3.52. The first-order valence-corrected chi connectivity index (χ1v) is 8.30. The molecule has 3 rings (SSSR count). The Morgan fingerprint density at radius 2 is 2.29 bits per heavy atom. The van der Waals surface area contributed by atoms with Gasteiger partial charge in [0, 0.05) is 29.7 Å². The lowest BCUT2D eigenvalue weighted by atomic mass is 9.75. The van der Waals surface area contributed by atoms with E-state index in [1.165, 1.54) is 0 Å². The van der Waals surface area contributed by atoms with Crippen molar-refractivity contribution in [3.63, 3.8) is 0 Å². The zero-order valence-electron chi connectivity index (χ0n) is 12.4. The third-order valence-electron chi connectivity index (χ3n) is 4.29. The molecule has 0 amide bonds. The normalized spacial score (nSPS) is 31.8. The highest BCUT2D eigenvalue weighted by Gasteiger charge is 2.48. The van der Waals surface area contributed by atoms with E-state index >= 15 is 0 Å². The van der Waals surface area contributed by atoms with Crippen LogP contribution < -0.4 is 10.5 Å². The fraction of sp³-hybridized carbons (Fsp3) is 0.625. The fourth-order valence-electron chi connectivity index (χ4n) is 3.38. The minimum atomic E-state index is -0.534. The van der Waals surface area contributed by atoms with Crippen molar-refractivity contribution in [2.24, 2.45) is 5.73 Å². The largest absolute Gasteiger partial charge is 0.484 e. The van der Waals surface area contributed by atoms with Crippen LogP contribution in [0.25, 0.3) is 0 Å². The van der Waals surface area contributed by atoms with Crippen LogP contribution in [0.5, 0.6) is 5.75 Å². The summed E-state index contributed by atoms with van der Waals surface area (Å²) in [6, 6.07) is 6.02. The fourth-order valence-corrected chi connectivity index (χ4v) is 3.74. The topological polar surface area (TPSA) is 53.7 Å². The smallest absolute Gasteiger partial charge is 0.134 e. The number of hydrogen-bond acceptors (Lipinski definition) is 4. The minimum Gasteiger partial charge on any atom is -0.484 e. The Labute approximate surface area is 134 Å². The average Bonchev–Trinajstić information content (AvgIpc) is 2.47. The Morgan fingerprint density at radius 1 is 1.43 bits per heavy atom. The van der Waals surface area contributed by atoms with Gasteiger partial charge in [-0.15, -0.1) is 0 Å². The molecule has 2 atom stereocenters. The van der Waals surface area contributed by atoms with E-state index in [9.17, 15) is 0 Å². The zero-order valence-corrected chi connectivity index (χ0v) is 13.9. The van der Waals surface area contributed by atoms with E-state index in [2.05, 4.69) is 15.9 Å². The summed E-state index contributed by atoms with van der Waals surface area (Å²) in [5, 5.41) is 0. The minimum absolute atomic E-state index is 0.315. The summed E-state index contributed by atoms with van der Waals surface area (Å²) in [4.78, 5) is 0. The Bertz CT molecular complexity index is 516. The van der Waals surface area contributed by atoms with E-state index in [4.69, 9.17) is 19.9 Å². The summed E-state index contributed by atoms with van der Waals surface area (Å²) in [6.45, 7) is 4.56. The Morgan fingerprint density at radius 3 is 3.00 bits per heavy atom. The van der Waals surface area contributed by atoms with Crippen LogP contribution >= 0.6 is 15.9 Å². The first kappa shape index (κ1) is 15.3. The van der Waals surface area contributed by atoms with Gasteiger partial charge in [0.25, 0.3) is 0 Å². The molecule has 1 saturated heterocycles. The number of fused-ring (bicyclic) bond motifs is 1. The molecule has 1 fully saturated rings. The number of rotatable bonds is 3. The van der Waals surface area contributed by atoms with E-state index in [0.29, 0.717) is 19.8 Å². The van der Waals surface area contributed by atoms with E-state index in [0.717, 1.165) is 41.7 Å². The molecule has 1 spiro atoms. The summed E-state index contributed by atoms with van der Waals surface area (Å²) < 4.78 is 18.7. The van der Waals surface area contributed by atoms with Crippen molar-refractivity contribution in [3.05, 3.63) is 28.2 Å². The molecule has 0 saturated carbocycles. The number of ether oxygens (including phenoxy) is 3. The van der Waals surface area contributed by atoms with Crippen LogP contribution in [0.3, 0.4) is 0 Å². The molecular formula is C16H22BrNO3. The summed E-state index contributed by atoms with van der Waals surface area (Å²) in [7, 11) is 0. The maximum Gasteiger partial charge on any atom is 0.134 e. The molecule has 1 aromatic rings.